The number of nitroso groups, excluding NO2 is 1. The summed E-state index contributed by atoms with van der Waals surface area (Å²) in [5.74, 6) is 0.471. The van der Waals surface area contributed by atoms with Crippen LogP contribution in [0.25, 0.3) is 0 Å². The highest BCUT2D eigenvalue weighted by Crippen LogP contribution is 2.36. The van der Waals surface area contributed by atoms with Crippen LogP contribution in [0.3, 0.4) is 0 Å². The highest BCUT2D eigenvalue weighted by Gasteiger charge is 2.21. The first-order valence-corrected chi connectivity index (χ1v) is 5.49. The van der Waals surface area contributed by atoms with Gasteiger partial charge in [-0.1, -0.05) is 18.2 Å². The van der Waals surface area contributed by atoms with E-state index in [1.165, 1.54) is 0 Å². The molecule has 1 saturated carbocycles. The number of nitrogens with two attached hydrogens (primary N) is 1. The molecule has 0 spiro atoms. The molecule has 15 heavy (non-hydrogen) atoms. The van der Waals surface area contributed by atoms with Crippen LogP contribution in [-0.2, 0) is 0 Å². The maximum Gasteiger partial charge on any atom is 0.111 e. The molecule has 0 heterocycles. The molecule has 1 aliphatic rings. The van der Waals surface area contributed by atoms with Crippen molar-refractivity contribution in [2.24, 2.45) is 10.9 Å². The fourth-order valence-electron chi connectivity index (χ4n) is 2.35. The van der Waals surface area contributed by atoms with E-state index in [-0.39, 0.29) is 0 Å². The molecule has 0 unspecified atom stereocenters. The second-order valence-electron chi connectivity index (χ2n) is 4.26. The van der Waals surface area contributed by atoms with Gasteiger partial charge in [-0.15, -0.1) is 4.91 Å². The molecule has 0 amide bonds. The van der Waals surface area contributed by atoms with Gasteiger partial charge >= 0.3 is 0 Å². The maximum absolute atomic E-state index is 10.7. The minimum absolute atomic E-state index is 0.345. The van der Waals surface area contributed by atoms with E-state index in [0.717, 1.165) is 31.2 Å². The van der Waals surface area contributed by atoms with Gasteiger partial charge < -0.3 is 5.73 Å². The Bertz CT molecular complexity index is 343. The molecular formula is C12H16N2O. The molecule has 0 atom stereocenters. The Kier molecular flexibility index (Phi) is 3.11. The van der Waals surface area contributed by atoms with Crippen molar-refractivity contribution in [3.8, 4) is 0 Å². The molecular weight excluding hydrogens is 188 g/mol. The lowest BCUT2D eigenvalue weighted by Gasteiger charge is -2.26. The van der Waals surface area contributed by atoms with Gasteiger partial charge in [-0.3, -0.25) is 0 Å². The molecule has 3 heteroatoms. The first kappa shape index (κ1) is 10.3. The van der Waals surface area contributed by atoms with Crippen LogP contribution in [-0.4, -0.2) is 6.04 Å². The van der Waals surface area contributed by atoms with E-state index in [1.807, 2.05) is 18.2 Å². The van der Waals surface area contributed by atoms with Crippen molar-refractivity contribution in [3.63, 3.8) is 0 Å². The molecule has 1 fully saturated rings. The van der Waals surface area contributed by atoms with E-state index in [9.17, 15) is 4.91 Å². The summed E-state index contributed by atoms with van der Waals surface area (Å²) < 4.78 is 0. The molecule has 2 rings (SSSR count). The SMILES string of the molecule is NC1CCC(c2ccccc2N=O)CC1. The summed E-state index contributed by atoms with van der Waals surface area (Å²) in [6.45, 7) is 0. The number of benzene rings is 1. The Balaban J connectivity index is 2.18. The van der Waals surface area contributed by atoms with Gasteiger partial charge in [0.15, 0.2) is 0 Å². The van der Waals surface area contributed by atoms with Gasteiger partial charge in [0.1, 0.15) is 5.69 Å². The molecule has 80 valence electrons. The Morgan fingerprint density at radius 2 is 1.80 bits per heavy atom. The summed E-state index contributed by atoms with van der Waals surface area (Å²) in [6, 6.07) is 7.97. The Morgan fingerprint density at radius 1 is 1.13 bits per heavy atom. The van der Waals surface area contributed by atoms with E-state index in [1.54, 1.807) is 6.07 Å². The predicted octanol–water partition coefficient (Wildman–Crippen LogP) is 3.07. The summed E-state index contributed by atoms with van der Waals surface area (Å²) in [5.41, 5.74) is 7.55. The van der Waals surface area contributed by atoms with Crippen LogP contribution in [0, 0.1) is 4.91 Å². The third-order valence-electron chi connectivity index (χ3n) is 3.25. The second-order valence-corrected chi connectivity index (χ2v) is 4.26. The lowest BCUT2D eigenvalue weighted by atomic mass is 9.81. The minimum Gasteiger partial charge on any atom is -0.328 e. The molecule has 0 saturated heterocycles. The van der Waals surface area contributed by atoms with Crippen LogP contribution >= 0.6 is 0 Å². The second kappa shape index (κ2) is 4.53. The van der Waals surface area contributed by atoms with Crippen LogP contribution in [0.4, 0.5) is 5.69 Å². The van der Waals surface area contributed by atoms with Gasteiger partial charge in [-0.05, 0) is 48.4 Å². The Morgan fingerprint density at radius 3 is 2.47 bits per heavy atom. The lowest BCUT2D eigenvalue weighted by molar-refractivity contribution is 0.396. The highest BCUT2D eigenvalue weighted by atomic mass is 16.3. The zero-order chi connectivity index (χ0) is 10.7. The van der Waals surface area contributed by atoms with Crippen LogP contribution in [0.1, 0.15) is 37.2 Å². The van der Waals surface area contributed by atoms with E-state index >= 15 is 0 Å². The van der Waals surface area contributed by atoms with Gasteiger partial charge in [-0.25, -0.2) is 0 Å². The summed E-state index contributed by atoms with van der Waals surface area (Å²) in [4.78, 5) is 10.7. The number of rotatable bonds is 2. The molecule has 0 bridgehead atoms. The van der Waals surface area contributed by atoms with Crippen LogP contribution in [0.2, 0.25) is 0 Å². The van der Waals surface area contributed by atoms with Crippen LogP contribution in [0.15, 0.2) is 29.4 Å². The third-order valence-corrected chi connectivity index (χ3v) is 3.25. The van der Waals surface area contributed by atoms with Gasteiger partial charge in [0, 0.05) is 6.04 Å². The molecule has 3 nitrogen and oxygen atoms in total. The lowest BCUT2D eigenvalue weighted by Crippen LogP contribution is -2.25. The molecule has 0 aliphatic heterocycles. The van der Waals surface area contributed by atoms with Crippen LogP contribution < -0.4 is 5.73 Å². The van der Waals surface area contributed by atoms with E-state index < -0.39 is 0 Å². The van der Waals surface area contributed by atoms with E-state index in [2.05, 4.69) is 5.18 Å². The van der Waals surface area contributed by atoms with Crippen molar-refractivity contribution < 1.29 is 0 Å². The summed E-state index contributed by atoms with van der Waals surface area (Å²) in [6.07, 6.45) is 4.26. The molecule has 2 N–H and O–H groups in total. The van der Waals surface area contributed by atoms with Crippen molar-refractivity contribution in [2.75, 3.05) is 0 Å². The molecule has 0 aromatic heterocycles. The van der Waals surface area contributed by atoms with Crippen molar-refractivity contribution in [1.82, 2.24) is 0 Å². The van der Waals surface area contributed by atoms with Crippen molar-refractivity contribution in [2.45, 2.75) is 37.6 Å². The molecule has 1 aliphatic carbocycles. The zero-order valence-electron chi connectivity index (χ0n) is 8.73. The summed E-state index contributed by atoms with van der Waals surface area (Å²) in [5, 5.41) is 3.08. The quantitative estimate of drug-likeness (QED) is 0.752. The van der Waals surface area contributed by atoms with Crippen LogP contribution in [0.5, 0.6) is 0 Å². The van der Waals surface area contributed by atoms with Gasteiger partial charge in [0.05, 0.1) is 0 Å². The zero-order valence-corrected chi connectivity index (χ0v) is 8.73. The number of hydrogen-bond donors (Lipinski definition) is 1. The topological polar surface area (TPSA) is 55.4 Å². The molecule has 1 aromatic rings. The summed E-state index contributed by atoms with van der Waals surface area (Å²) >= 11 is 0. The third kappa shape index (κ3) is 2.23. The molecule has 0 radical (unpaired) electrons. The minimum atomic E-state index is 0.345. The number of hydrogen-bond acceptors (Lipinski definition) is 3. The van der Waals surface area contributed by atoms with Crippen molar-refractivity contribution in [1.29, 1.82) is 0 Å². The van der Waals surface area contributed by atoms with Crippen molar-refractivity contribution >= 4 is 5.69 Å². The van der Waals surface area contributed by atoms with Gasteiger partial charge in [-0.2, -0.15) is 0 Å². The van der Waals surface area contributed by atoms with E-state index in [0.29, 0.717) is 17.6 Å². The summed E-state index contributed by atoms with van der Waals surface area (Å²) in [7, 11) is 0. The molecule has 1 aromatic carbocycles. The largest absolute Gasteiger partial charge is 0.328 e. The van der Waals surface area contributed by atoms with E-state index in [4.69, 9.17) is 5.73 Å². The Hall–Kier alpha value is -1.22. The monoisotopic (exact) mass is 204 g/mol. The van der Waals surface area contributed by atoms with Crippen molar-refractivity contribution in [3.05, 3.63) is 34.7 Å². The smallest absolute Gasteiger partial charge is 0.111 e. The fraction of sp³-hybridized carbons (Fsp3) is 0.500. The average molecular weight is 204 g/mol. The highest BCUT2D eigenvalue weighted by molar-refractivity contribution is 5.47. The first-order chi connectivity index (χ1) is 7.31. The standard InChI is InChI=1S/C12H16N2O/c13-10-7-5-9(6-8-10)11-3-1-2-4-12(11)14-15/h1-4,9-10H,5-8,13H2. The maximum atomic E-state index is 10.7. The first-order valence-electron chi connectivity index (χ1n) is 5.49. The predicted molar refractivity (Wildman–Crippen MR) is 61.1 cm³/mol. The average Bonchev–Trinajstić information content (AvgIpc) is 2.30. The number of nitrogens with zero attached hydrogens (tertiary/aromatic N) is 1. The normalized spacial score (nSPS) is 26.2. The van der Waals surface area contributed by atoms with Gasteiger partial charge in [0.2, 0.25) is 0 Å². The Labute approximate surface area is 89.6 Å². The van der Waals surface area contributed by atoms with Gasteiger partial charge in [0.25, 0.3) is 0 Å². The fourth-order valence-corrected chi connectivity index (χ4v) is 2.35.